The number of ether oxygens (including phenoxy) is 3. The molecule has 0 saturated heterocycles. The molecule has 1 saturated carbocycles. The zero-order valence-electron chi connectivity index (χ0n) is 10.9. The highest BCUT2D eigenvalue weighted by Gasteiger charge is 2.21. The molecule has 4 nitrogen and oxygen atoms in total. The molecular formula is C14H20O4. The Morgan fingerprint density at radius 3 is 2.72 bits per heavy atom. The molecule has 18 heavy (non-hydrogen) atoms. The average molecular weight is 252 g/mol. The lowest BCUT2D eigenvalue weighted by molar-refractivity contribution is 0.00863. The summed E-state index contributed by atoms with van der Waals surface area (Å²) >= 11 is 0. The third-order valence-electron chi connectivity index (χ3n) is 3.02. The van der Waals surface area contributed by atoms with E-state index in [0.29, 0.717) is 11.5 Å². The molecule has 4 heteroatoms. The van der Waals surface area contributed by atoms with Gasteiger partial charge in [-0.25, -0.2) is 0 Å². The van der Waals surface area contributed by atoms with Crippen LogP contribution in [0.25, 0.3) is 0 Å². The van der Waals surface area contributed by atoms with Crippen molar-refractivity contribution in [3.63, 3.8) is 0 Å². The predicted octanol–water partition coefficient (Wildman–Crippen LogP) is 2.51. The number of rotatable bonds is 7. The van der Waals surface area contributed by atoms with E-state index < -0.39 is 6.10 Å². The Labute approximate surface area is 107 Å². The fraction of sp³-hybridized carbons (Fsp3) is 0.571. The SMILES string of the molecule is COc1cc(C(C)O)ccc1OCOCC1CC1. The fourth-order valence-corrected chi connectivity index (χ4v) is 1.67. The maximum Gasteiger partial charge on any atom is 0.189 e. The van der Waals surface area contributed by atoms with Crippen LogP contribution in [0.1, 0.15) is 31.4 Å². The van der Waals surface area contributed by atoms with Crippen molar-refractivity contribution in [3.8, 4) is 11.5 Å². The van der Waals surface area contributed by atoms with Crippen molar-refractivity contribution in [3.05, 3.63) is 23.8 Å². The molecule has 0 aliphatic heterocycles. The second kappa shape index (κ2) is 6.07. The molecule has 100 valence electrons. The van der Waals surface area contributed by atoms with E-state index in [0.717, 1.165) is 18.1 Å². The maximum atomic E-state index is 9.50. The van der Waals surface area contributed by atoms with E-state index in [9.17, 15) is 5.11 Å². The monoisotopic (exact) mass is 252 g/mol. The van der Waals surface area contributed by atoms with Crippen LogP contribution in [0.3, 0.4) is 0 Å². The minimum atomic E-state index is -0.515. The molecule has 1 aromatic rings. The van der Waals surface area contributed by atoms with Gasteiger partial charge in [0.1, 0.15) is 0 Å². The van der Waals surface area contributed by atoms with Crippen LogP contribution in [0, 0.1) is 5.92 Å². The molecular weight excluding hydrogens is 232 g/mol. The highest BCUT2D eigenvalue weighted by Crippen LogP contribution is 2.31. The number of aliphatic hydroxyl groups excluding tert-OH is 1. The first-order valence-corrected chi connectivity index (χ1v) is 6.27. The van der Waals surface area contributed by atoms with Crippen molar-refractivity contribution in [2.45, 2.75) is 25.9 Å². The normalized spacial score (nSPS) is 16.4. The van der Waals surface area contributed by atoms with Crippen LogP contribution in [-0.2, 0) is 4.74 Å². The molecule has 1 unspecified atom stereocenters. The Morgan fingerprint density at radius 2 is 2.11 bits per heavy atom. The summed E-state index contributed by atoms with van der Waals surface area (Å²) in [5, 5.41) is 9.50. The molecule has 0 aromatic heterocycles. The largest absolute Gasteiger partial charge is 0.493 e. The molecule has 0 amide bonds. The van der Waals surface area contributed by atoms with Crippen LogP contribution in [0.15, 0.2) is 18.2 Å². The topological polar surface area (TPSA) is 47.9 Å². The zero-order chi connectivity index (χ0) is 13.0. The lowest BCUT2D eigenvalue weighted by atomic mass is 10.1. The van der Waals surface area contributed by atoms with Gasteiger partial charge in [-0.15, -0.1) is 0 Å². The van der Waals surface area contributed by atoms with Crippen molar-refractivity contribution in [1.29, 1.82) is 0 Å². The summed E-state index contributed by atoms with van der Waals surface area (Å²) in [6.45, 7) is 2.73. The lowest BCUT2D eigenvalue weighted by Gasteiger charge is -2.13. The van der Waals surface area contributed by atoms with Gasteiger partial charge in [0.15, 0.2) is 18.3 Å². The first-order valence-electron chi connectivity index (χ1n) is 6.27. The standard InChI is InChI=1S/C14H20O4/c1-10(15)12-5-6-13(14(7-12)16-2)18-9-17-8-11-3-4-11/h5-7,10-11,15H,3-4,8-9H2,1-2H3. The summed E-state index contributed by atoms with van der Waals surface area (Å²) in [6, 6.07) is 5.39. The molecule has 1 atom stereocenters. The van der Waals surface area contributed by atoms with E-state index >= 15 is 0 Å². The van der Waals surface area contributed by atoms with Crippen LogP contribution >= 0.6 is 0 Å². The van der Waals surface area contributed by atoms with Gasteiger partial charge in [0, 0.05) is 0 Å². The van der Waals surface area contributed by atoms with E-state index in [4.69, 9.17) is 14.2 Å². The van der Waals surface area contributed by atoms with Crippen molar-refractivity contribution < 1.29 is 19.3 Å². The smallest absolute Gasteiger partial charge is 0.189 e. The number of benzene rings is 1. The van der Waals surface area contributed by atoms with E-state index in [1.807, 2.05) is 6.07 Å². The molecule has 1 aromatic carbocycles. The molecule has 1 aliphatic carbocycles. The van der Waals surface area contributed by atoms with E-state index in [-0.39, 0.29) is 6.79 Å². The van der Waals surface area contributed by atoms with Gasteiger partial charge in [-0.2, -0.15) is 0 Å². The third-order valence-corrected chi connectivity index (χ3v) is 3.02. The van der Waals surface area contributed by atoms with Gasteiger partial charge in [0.05, 0.1) is 19.8 Å². The Balaban J connectivity index is 1.89. The van der Waals surface area contributed by atoms with Gasteiger partial charge >= 0.3 is 0 Å². The molecule has 2 rings (SSSR count). The van der Waals surface area contributed by atoms with Crippen molar-refractivity contribution in [1.82, 2.24) is 0 Å². The van der Waals surface area contributed by atoms with Gasteiger partial charge in [-0.05, 0) is 43.4 Å². The summed E-state index contributed by atoms with van der Waals surface area (Å²) in [4.78, 5) is 0. The molecule has 0 radical (unpaired) electrons. The average Bonchev–Trinajstić information content (AvgIpc) is 3.18. The Hall–Kier alpha value is -1.26. The third kappa shape index (κ3) is 3.62. The number of hydrogen-bond acceptors (Lipinski definition) is 4. The van der Waals surface area contributed by atoms with Gasteiger partial charge in [-0.3, -0.25) is 0 Å². The summed E-state index contributed by atoms with van der Waals surface area (Å²) in [6.07, 6.45) is 2.03. The number of hydrogen-bond donors (Lipinski definition) is 1. The van der Waals surface area contributed by atoms with Crippen molar-refractivity contribution in [2.75, 3.05) is 20.5 Å². The van der Waals surface area contributed by atoms with Gasteiger partial charge in [0.2, 0.25) is 0 Å². The number of methoxy groups -OCH3 is 1. The second-order valence-electron chi connectivity index (χ2n) is 4.66. The predicted molar refractivity (Wildman–Crippen MR) is 67.8 cm³/mol. The first-order chi connectivity index (χ1) is 8.70. The molecule has 0 heterocycles. The minimum Gasteiger partial charge on any atom is -0.493 e. The molecule has 1 aliphatic rings. The molecule has 0 bridgehead atoms. The maximum absolute atomic E-state index is 9.50. The highest BCUT2D eigenvalue weighted by molar-refractivity contribution is 5.43. The Kier molecular flexibility index (Phi) is 4.44. The molecule has 0 spiro atoms. The summed E-state index contributed by atoms with van der Waals surface area (Å²) in [5.41, 5.74) is 0.804. The second-order valence-corrected chi connectivity index (χ2v) is 4.66. The van der Waals surface area contributed by atoms with Crippen molar-refractivity contribution in [2.24, 2.45) is 5.92 Å². The lowest BCUT2D eigenvalue weighted by Crippen LogP contribution is -2.06. The van der Waals surface area contributed by atoms with Crippen LogP contribution in [0.4, 0.5) is 0 Å². The van der Waals surface area contributed by atoms with Crippen molar-refractivity contribution >= 4 is 0 Å². The summed E-state index contributed by atoms with van der Waals surface area (Å²) < 4.78 is 16.2. The number of aliphatic hydroxyl groups is 1. The van der Waals surface area contributed by atoms with E-state index in [2.05, 4.69) is 0 Å². The zero-order valence-corrected chi connectivity index (χ0v) is 10.9. The molecule has 1 fully saturated rings. The van der Waals surface area contributed by atoms with E-state index in [1.165, 1.54) is 12.8 Å². The van der Waals surface area contributed by atoms with Crippen LogP contribution in [0.2, 0.25) is 0 Å². The molecule has 1 N–H and O–H groups in total. The Morgan fingerprint density at radius 1 is 1.33 bits per heavy atom. The quantitative estimate of drug-likeness (QED) is 0.598. The van der Waals surface area contributed by atoms with Gasteiger partial charge in [-0.1, -0.05) is 6.07 Å². The van der Waals surface area contributed by atoms with Gasteiger partial charge < -0.3 is 19.3 Å². The minimum absolute atomic E-state index is 0.237. The summed E-state index contributed by atoms with van der Waals surface area (Å²) in [7, 11) is 1.58. The first kappa shape index (κ1) is 13.2. The van der Waals surface area contributed by atoms with Crippen LogP contribution < -0.4 is 9.47 Å². The van der Waals surface area contributed by atoms with Crippen LogP contribution in [-0.4, -0.2) is 25.6 Å². The fourth-order valence-electron chi connectivity index (χ4n) is 1.67. The summed E-state index contributed by atoms with van der Waals surface area (Å²) in [5.74, 6) is 1.98. The van der Waals surface area contributed by atoms with Crippen LogP contribution in [0.5, 0.6) is 11.5 Å². The van der Waals surface area contributed by atoms with Gasteiger partial charge in [0.25, 0.3) is 0 Å². The van der Waals surface area contributed by atoms with E-state index in [1.54, 1.807) is 26.2 Å². The Bertz CT molecular complexity index is 385. The highest BCUT2D eigenvalue weighted by atomic mass is 16.7.